The second kappa shape index (κ2) is 9.73. The monoisotopic (exact) mass is 331 g/mol. The van der Waals surface area contributed by atoms with E-state index < -0.39 is 24.5 Å². The maximum Gasteiger partial charge on any atom is 0.387 e. The van der Waals surface area contributed by atoms with E-state index in [0.29, 0.717) is 6.42 Å². The Hall–Kier alpha value is -2.22. The highest BCUT2D eigenvalue weighted by Gasteiger charge is 2.19. The van der Waals surface area contributed by atoms with Crippen molar-refractivity contribution in [3.63, 3.8) is 0 Å². The van der Waals surface area contributed by atoms with Crippen molar-refractivity contribution >= 4 is 11.9 Å². The molecule has 23 heavy (non-hydrogen) atoms. The first kappa shape index (κ1) is 18.8. The molecule has 2 N–H and O–H groups in total. The lowest BCUT2D eigenvalue weighted by Gasteiger charge is -2.14. The van der Waals surface area contributed by atoms with Gasteiger partial charge in [0.1, 0.15) is 11.8 Å². The summed E-state index contributed by atoms with van der Waals surface area (Å²) in [5.41, 5.74) is 0.755. The fourth-order valence-corrected chi connectivity index (χ4v) is 1.86. The maximum absolute atomic E-state index is 12.0. The Morgan fingerprint density at radius 3 is 2.43 bits per heavy atom. The number of carbonyl (C=O) groups is 2. The van der Waals surface area contributed by atoms with Gasteiger partial charge in [-0.2, -0.15) is 8.78 Å². The number of alkyl halides is 2. The minimum absolute atomic E-state index is 0.0405. The largest absolute Gasteiger partial charge is 0.480 e. The highest BCUT2D eigenvalue weighted by atomic mass is 19.3. The van der Waals surface area contributed by atoms with Crippen LogP contribution in [0, 0.1) is 0 Å². The number of aryl methyl sites for hydroxylation is 1. The van der Waals surface area contributed by atoms with E-state index in [1.165, 1.54) is 19.2 Å². The minimum atomic E-state index is -2.88. The lowest BCUT2D eigenvalue weighted by atomic mass is 10.1. The SMILES string of the molecule is COCCC(NC(=O)CCc1ccc(OC(F)F)cc1)C(=O)O. The van der Waals surface area contributed by atoms with Crippen LogP contribution in [0.5, 0.6) is 5.75 Å². The lowest BCUT2D eigenvalue weighted by Crippen LogP contribution is -2.41. The van der Waals surface area contributed by atoms with E-state index in [4.69, 9.17) is 9.84 Å². The average molecular weight is 331 g/mol. The van der Waals surface area contributed by atoms with Crippen LogP contribution in [-0.2, 0) is 20.7 Å². The Morgan fingerprint density at radius 2 is 1.91 bits per heavy atom. The van der Waals surface area contributed by atoms with Crippen LogP contribution in [0.2, 0.25) is 0 Å². The van der Waals surface area contributed by atoms with Gasteiger partial charge < -0.3 is 19.9 Å². The van der Waals surface area contributed by atoms with E-state index in [9.17, 15) is 18.4 Å². The fraction of sp³-hybridized carbons (Fsp3) is 0.467. The van der Waals surface area contributed by atoms with Crippen LogP contribution in [-0.4, -0.2) is 43.4 Å². The Balaban J connectivity index is 2.44. The number of carboxylic acids is 1. The molecule has 1 unspecified atom stereocenters. The number of hydrogen-bond donors (Lipinski definition) is 2. The molecule has 128 valence electrons. The van der Waals surface area contributed by atoms with Crippen LogP contribution in [0.1, 0.15) is 18.4 Å². The minimum Gasteiger partial charge on any atom is -0.480 e. The van der Waals surface area contributed by atoms with Gasteiger partial charge in [-0.15, -0.1) is 0 Å². The van der Waals surface area contributed by atoms with Crippen molar-refractivity contribution in [1.29, 1.82) is 0 Å². The van der Waals surface area contributed by atoms with E-state index in [1.807, 2.05) is 0 Å². The van der Waals surface area contributed by atoms with Crippen molar-refractivity contribution in [2.45, 2.75) is 31.9 Å². The zero-order valence-electron chi connectivity index (χ0n) is 12.6. The highest BCUT2D eigenvalue weighted by molar-refractivity contribution is 5.83. The topological polar surface area (TPSA) is 84.9 Å². The standard InChI is InChI=1S/C15H19F2NO5/c1-22-9-8-12(14(20)21)18-13(19)7-4-10-2-5-11(6-3-10)23-15(16)17/h2-3,5-6,12,15H,4,7-9H2,1H3,(H,18,19)(H,20,21). The normalized spacial score (nSPS) is 12.0. The number of hydrogen-bond acceptors (Lipinski definition) is 4. The average Bonchev–Trinajstić information content (AvgIpc) is 2.50. The third-order valence-electron chi connectivity index (χ3n) is 3.03. The summed E-state index contributed by atoms with van der Waals surface area (Å²) < 4.78 is 33.0. The summed E-state index contributed by atoms with van der Waals surface area (Å²) >= 11 is 0. The number of rotatable bonds is 10. The van der Waals surface area contributed by atoms with E-state index in [0.717, 1.165) is 5.56 Å². The van der Waals surface area contributed by atoms with Crippen molar-refractivity contribution in [3.05, 3.63) is 29.8 Å². The number of halogens is 2. The molecule has 0 bridgehead atoms. The van der Waals surface area contributed by atoms with Crippen molar-refractivity contribution < 1.29 is 33.0 Å². The third-order valence-corrected chi connectivity index (χ3v) is 3.03. The molecular weight excluding hydrogens is 312 g/mol. The van der Waals surface area contributed by atoms with Gasteiger partial charge in [-0.3, -0.25) is 4.79 Å². The highest BCUT2D eigenvalue weighted by Crippen LogP contribution is 2.15. The number of amides is 1. The molecule has 0 aliphatic rings. The predicted molar refractivity (Wildman–Crippen MR) is 77.5 cm³/mol. The summed E-state index contributed by atoms with van der Waals surface area (Å²) in [6.07, 6.45) is 0.625. The molecule has 1 amide bonds. The molecule has 0 fully saturated rings. The summed E-state index contributed by atoms with van der Waals surface area (Å²) in [6, 6.07) is 4.93. The zero-order chi connectivity index (χ0) is 17.2. The first-order valence-electron chi connectivity index (χ1n) is 6.97. The first-order chi connectivity index (χ1) is 10.9. The molecule has 1 aromatic carbocycles. The number of ether oxygens (including phenoxy) is 2. The van der Waals surface area contributed by atoms with Gasteiger partial charge in [0.2, 0.25) is 5.91 Å². The van der Waals surface area contributed by atoms with Crippen molar-refractivity contribution in [1.82, 2.24) is 5.32 Å². The lowest BCUT2D eigenvalue weighted by molar-refractivity contribution is -0.142. The summed E-state index contributed by atoms with van der Waals surface area (Å²) in [5, 5.41) is 11.4. The zero-order valence-corrected chi connectivity index (χ0v) is 12.6. The predicted octanol–water partition coefficient (Wildman–Crippen LogP) is 1.83. The second-order valence-electron chi connectivity index (χ2n) is 4.76. The van der Waals surface area contributed by atoms with Gasteiger partial charge in [0.05, 0.1) is 0 Å². The first-order valence-corrected chi connectivity index (χ1v) is 6.97. The molecule has 0 aliphatic carbocycles. The summed E-state index contributed by atoms with van der Waals surface area (Å²) in [6.45, 7) is -2.66. The van der Waals surface area contributed by atoms with Crippen LogP contribution < -0.4 is 10.1 Å². The Kier molecular flexibility index (Phi) is 7.96. The Bertz CT molecular complexity index is 507. The molecule has 0 spiro atoms. The Morgan fingerprint density at radius 1 is 1.26 bits per heavy atom. The molecule has 8 heteroatoms. The van der Waals surface area contributed by atoms with Gasteiger partial charge in [0, 0.05) is 26.6 Å². The number of nitrogens with one attached hydrogen (secondary N) is 1. The number of carboxylic acid groups (broad SMARTS) is 1. The van der Waals surface area contributed by atoms with Gasteiger partial charge in [0.15, 0.2) is 0 Å². The quantitative estimate of drug-likeness (QED) is 0.683. The van der Waals surface area contributed by atoms with E-state index in [1.54, 1.807) is 12.1 Å². The van der Waals surface area contributed by atoms with Gasteiger partial charge >= 0.3 is 12.6 Å². The van der Waals surface area contributed by atoms with Crippen LogP contribution in [0.3, 0.4) is 0 Å². The summed E-state index contributed by atoms with van der Waals surface area (Å²) in [5.74, 6) is -1.48. The second-order valence-corrected chi connectivity index (χ2v) is 4.76. The molecule has 0 saturated heterocycles. The number of aliphatic carboxylic acids is 1. The fourth-order valence-electron chi connectivity index (χ4n) is 1.86. The van der Waals surface area contributed by atoms with Crippen molar-refractivity contribution in [2.24, 2.45) is 0 Å². The molecule has 6 nitrogen and oxygen atoms in total. The molecule has 0 aliphatic heterocycles. The van der Waals surface area contributed by atoms with Gasteiger partial charge in [0.25, 0.3) is 0 Å². The van der Waals surface area contributed by atoms with Gasteiger partial charge in [-0.05, 0) is 24.1 Å². The summed E-state index contributed by atoms with van der Waals surface area (Å²) in [4.78, 5) is 22.8. The molecule has 0 aromatic heterocycles. The van der Waals surface area contributed by atoms with E-state index in [2.05, 4.69) is 10.1 Å². The van der Waals surface area contributed by atoms with Gasteiger partial charge in [-0.1, -0.05) is 12.1 Å². The number of methoxy groups -OCH3 is 1. The molecule has 1 aromatic rings. The van der Waals surface area contributed by atoms with Crippen LogP contribution >= 0.6 is 0 Å². The molecule has 0 heterocycles. The molecule has 1 atom stereocenters. The van der Waals surface area contributed by atoms with Crippen LogP contribution in [0.4, 0.5) is 8.78 Å². The third kappa shape index (κ3) is 7.55. The van der Waals surface area contributed by atoms with Gasteiger partial charge in [-0.25, -0.2) is 4.79 Å². The van der Waals surface area contributed by atoms with E-state index >= 15 is 0 Å². The van der Waals surface area contributed by atoms with Crippen LogP contribution in [0.15, 0.2) is 24.3 Å². The number of carbonyl (C=O) groups excluding carboxylic acids is 1. The van der Waals surface area contributed by atoms with Crippen molar-refractivity contribution in [3.8, 4) is 5.75 Å². The molecular formula is C15H19F2NO5. The molecule has 1 rings (SSSR count). The molecule has 0 saturated carbocycles. The Labute approximate surface area is 132 Å². The smallest absolute Gasteiger partial charge is 0.387 e. The number of benzene rings is 1. The maximum atomic E-state index is 12.0. The summed E-state index contributed by atoms with van der Waals surface area (Å²) in [7, 11) is 1.45. The molecule has 0 radical (unpaired) electrons. The van der Waals surface area contributed by atoms with Crippen LogP contribution in [0.25, 0.3) is 0 Å². The van der Waals surface area contributed by atoms with Crippen molar-refractivity contribution in [2.75, 3.05) is 13.7 Å². The van der Waals surface area contributed by atoms with E-state index in [-0.39, 0.29) is 25.2 Å².